The molecule has 2 aromatic heterocycles. The molecule has 0 aromatic carbocycles. The van der Waals surface area contributed by atoms with Gasteiger partial charge in [0, 0.05) is 6.04 Å². The predicted molar refractivity (Wildman–Crippen MR) is 62.0 cm³/mol. The van der Waals surface area contributed by atoms with Gasteiger partial charge in [0.1, 0.15) is 11.1 Å². The van der Waals surface area contributed by atoms with Crippen molar-refractivity contribution in [2.45, 2.75) is 29.1 Å². The van der Waals surface area contributed by atoms with E-state index in [4.69, 9.17) is 5.26 Å². The third-order valence-corrected chi connectivity index (χ3v) is 3.54. The van der Waals surface area contributed by atoms with Crippen molar-refractivity contribution in [1.29, 1.82) is 5.26 Å². The van der Waals surface area contributed by atoms with E-state index in [1.54, 1.807) is 10.6 Å². The lowest BCUT2D eigenvalue weighted by Crippen LogP contribution is -2.16. The van der Waals surface area contributed by atoms with Crippen LogP contribution in [0.1, 0.15) is 24.4 Å². The Morgan fingerprint density at radius 2 is 2.39 bits per heavy atom. The van der Waals surface area contributed by atoms with Gasteiger partial charge in [-0.3, -0.25) is 4.57 Å². The van der Waals surface area contributed by atoms with E-state index in [1.165, 1.54) is 18.0 Å². The van der Waals surface area contributed by atoms with E-state index in [0.29, 0.717) is 15.7 Å². The summed E-state index contributed by atoms with van der Waals surface area (Å²) in [6.45, 7) is 0. The van der Waals surface area contributed by atoms with E-state index in [1.807, 2.05) is 6.07 Å². The van der Waals surface area contributed by atoms with Gasteiger partial charge in [-0.2, -0.15) is 10.4 Å². The summed E-state index contributed by atoms with van der Waals surface area (Å²) < 4.78 is 1.61. The summed E-state index contributed by atoms with van der Waals surface area (Å²) in [6.07, 6.45) is 3.43. The summed E-state index contributed by atoms with van der Waals surface area (Å²) in [4.78, 5) is 11.6. The summed E-state index contributed by atoms with van der Waals surface area (Å²) in [7, 11) is 0. The molecule has 1 aliphatic carbocycles. The first kappa shape index (κ1) is 11.0. The molecule has 8 heteroatoms. The Labute approximate surface area is 106 Å². The molecular weight excluding hydrogens is 252 g/mol. The Hall–Kier alpha value is -2.14. The van der Waals surface area contributed by atoms with Crippen molar-refractivity contribution in [2.75, 3.05) is 0 Å². The molecule has 0 atom stereocenters. The fourth-order valence-electron chi connectivity index (χ4n) is 1.58. The van der Waals surface area contributed by atoms with Gasteiger partial charge in [0.2, 0.25) is 0 Å². The van der Waals surface area contributed by atoms with Gasteiger partial charge in [-0.05, 0) is 30.7 Å². The third-order valence-electron chi connectivity index (χ3n) is 2.58. The second-order valence-corrected chi connectivity index (χ2v) is 4.83. The SMILES string of the molecule is N#Cc1ccnnc1Sc1n[nH]c(=O)n1C1CC1. The molecule has 0 bridgehead atoms. The molecular formula is C10H8N6OS. The van der Waals surface area contributed by atoms with Crippen LogP contribution < -0.4 is 5.69 Å². The molecule has 3 rings (SSSR count). The van der Waals surface area contributed by atoms with Gasteiger partial charge in [0.15, 0.2) is 5.16 Å². The zero-order valence-corrected chi connectivity index (χ0v) is 10.0. The molecule has 1 N–H and O–H groups in total. The van der Waals surface area contributed by atoms with E-state index in [0.717, 1.165) is 12.8 Å². The average Bonchev–Trinajstić information content (AvgIpc) is 3.16. The molecule has 0 spiro atoms. The minimum Gasteiger partial charge on any atom is -0.267 e. The van der Waals surface area contributed by atoms with E-state index in [9.17, 15) is 4.79 Å². The highest BCUT2D eigenvalue weighted by molar-refractivity contribution is 7.99. The van der Waals surface area contributed by atoms with E-state index in [-0.39, 0.29) is 11.7 Å². The van der Waals surface area contributed by atoms with Crippen LogP contribution >= 0.6 is 11.8 Å². The third kappa shape index (κ3) is 1.89. The Bertz CT molecular complexity index is 680. The molecule has 0 aliphatic heterocycles. The van der Waals surface area contributed by atoms with Crippen LogP contribution in [0.25, 0.3) is 0 Å². The van der Waals surface area contributed by atoms with Gasteiger partial charge in [-0.1, -0.05) is 0 Å². The van der Waals surface area contributed by atoms with Gasteiger partial charge in [-0.25, -0.2) is 9.89 Å². The number of aromatic amines is 1. The molecule has 90 valence electrons. The van der Waals surface area contributed by atoms with Crippen molar-refractivity contribution in [3.8, 4) is 6.07 Å². The standard InChI is InChI=1S/C10H8N6OS/c11-5-6-3-4-12-13-8(6)18-10-15-14-9(17)16(10)7-1-2-7/h3-4,7H,1-2H2,(H,14,17). The lowest BCUT2D eigenvalue weighted by molar-refractivity contribution is 0.641. The number of hydrogen-bond acceptors (Lipinski definition) is 6. The Balaban J connectivity index is 1.98. The quantitative estimate of drug-likeness (QED) is 0.872. The number of H-pyrrole nitrogens is 1. The minimum atomic E-state index is -0.220. The zero-order chi connectivity index (χ0) is 12.5. The Morgan fingerprint density at radius 1 is 1.56 bits per heavy atom. The molecule has 2 aromatic rings. The maximum Gasteiger partial charge on any atom is 0.344 e. The fraction of sp³-hybridized carbons (Fsp3) is 0.300. The average molecular weight is 260 g/mol. The minimum absolute atomic E-state index is 0.220. The topological polar surface area (TPSA) is 100 Å². The highest BCUT2D eigenvalue weighted by Gasteiger charge is 2.29. The van der Waals surface area contributed by atoms with Crippen LogP contribution in [0.2, 0.25) is 0 Å². The van der Waals surface area contributed by atoms with Gasteiger partial charge >= 0.3 is 5.69 Å². The van der Waals surface area contributed by atoms with Crippen LogP contribution in [0.3, 0.4) is 0 Å². The second kappa shape index (κ2) is 4.27. The molecule has 0 amide bonds. The van der Waals surface area contributed by atoms with Crippen LogP contribution in [-0.2, 0) is 0 Å². The molecule has 0 radical (unpaired) electrons. The Kier molecular flexibility index (Phi) is 2.60. The fourth-order valence-corrected chi connectivity index (χ4v) is 2.49. The summed E-state index contributed by atoms with van der Waals surface area (Å²) in [5.74, 6) is 0. The van der Waals surface area contributed by atoms with Crippen LogP contribution in [0.5, 0.6) is 0 Å². The van der Waals surface area contributed by atoms with E-state index in [2.05, 4.69) is 20.4 Å². The number of aromatic nitrogens is 5. The lowest BCUT2D eigenvalue weighted by Gasteiger charge is -2.02. The normalized spacial score (nSPS) is 14.4. The van der Waals surface area contributed by atoms with Crippen LogP contribution in [0.4, 0.5) is 0 Å². The summed E-state index contributed by atoms with van der Waals surface area (Å²) >= 11 is 1.18. The van der Waals surface area contributed by atoms with E-state index < -0.39 is 0 Å². The number of nitrogens with one attached hydrogen (secondary N) is 1. The molecule has 7 nitrogen and oxygen atoms in total. The van der Waals surface area contributed by atoms with Crippen LogP contribution in [0, 0.1) is 11.3 Å². The molecule has 1 aliphatic rings. The van der Waals surface area contributed by atoms with Crippen LogP contribution in [0.15, 0.2) is 27.2 Å². The molecule has 0 unspecified atom stereocenters. The molecule has 1 fully saturated rings. The zero-order valence-electron chi connectivity index (χ0n) is 9.20. The lowest BCUT2D eigenvalue weighted by atomic mass is 10.3. The maximum absolute atomic E-state index is 11.6. The van der Waals surface area contributed by atoms with Crippen molar-refractivity contribution in [1.82, 2.24) is 25.0 Å². The first-order valence-corrected chi connectivity index (χ1v) is 6.18. The van der Waals surface area contributed by atoms with Crippen LogP contribution in [-0.4, -0.2) is 25.0 Å². The maximum atomic E-state index is 11.6. The highest BCUT2D eigenvalue weighted by atomic mass is 32.2. The van der Waals surface area contributed by atoms with Crippen molar-refractivity contribution >= 4 is 11.8 Å². The van der Waals surface area contributed by atoms with Crippen molar-refractivity contribution in [3.63, 3.8) is 0 Å². The molecule has 1 saturated carbocycles. The number of nitrogens with zero attached hydrogens (tertiary/aromatic N) is 5. The van der Waals surface area contributed by atoms with Gasteiger partial charge in [-0.15, -0.1) is 10.2 Å². The second-order valence-electron chi connectivity index (χ2n) is 3.88. The first-order chi connectivity index (χ1) is 8.79. The van der Waals surface area contributed by atoms with Crippen molar-refractivity contribution in [3.05, 3.63) is 28.3 Å². The van der Waals surface area contributed by atoms with Crippen molar-refractivity contribution < 1.29 is 0 Å². The molecule has 2 heterocycles. The number of hydrogen-bond donors (Lipinski definition) is 1. The van der Waals surface area contributed by atoms with E-state index >= 15 is 0 Å². The molecule has 18 heavy (non-hydrogen) atoms. The summed E-state index contributed by atoms with van der Waals surface area (Å²) in [5.41, 5.74) is 0.204. The number of nitriles is 1. The van der Waals surface area contributed by atoms with Gasteiger partial charge < -0.3 is 0 Å². The Morgan fingerprint density at radius 3 is 3.11 bits per heavy atom. The monoisotopic (exact) mass is 260 g/mol. The largest absolute Gasteiger partial charge is 0.344 e. The summed E-state index contributed by atoms with van der Waals surface area (Å²) in [5, 5.41) is 24.0. The van der Waals surface area contributed by atoms with Gasteiger partial charge in [0.25, 0.3) is 0 Å². The number of rotatable bonds is 3. The first-order valence-electron chi connectivity index (χ1n) is 5.36. The highest BCUT2D eigenvalue weighted by Crippen LogP contribution is 2.37. The summed E-state index contributed by atoms with van der Waals surface area (Å²) in [6, 6.07) is 3.85. The molecule has 0 saturated heterocycles. The van der Waals surface area contributed by atoms with Gasteiger partial charge in [0.05, 0.1) is 11.8 Å². The smallest absolute Gasteiger partial charge is 0.267 e. The van der Waals surface area contributed by atoms with Crippen molar-refractivity contribution in [2.24, 2.45) is 0 Å². The predicted octanol–water partition coefficient (Wildman–Crippen LogP) is 0.719.